The Morgan fingerprint density at radius 3 is 2.42 bits per heavy atom. The highest BCUT2D eigenvalue weighted by Gasteiger charge is 2.19. The first kappa shape index (κ1) is 17.6. The second-order valence-corrected chi connectivity index (χ2v) is 5.91. The van der Waals surface area contributed by atoms with Crippen LogP contribution in [0.2, 0.25) is 0 Å². The number of para-hydroxylation sites is 1. The van der Waals surface area contributed by atoms with Gasteiger partial charge in [-0.05, 0) is 37.6 Å². The number of benzene rings is 2. The lowest BCUT2D eigenvalue weighted by Crippen LogP contribution is -2.37. The number of rotatable bonds is 6. The van der Waals surface area contributed by atoms with Gasteiger partial charge in [0.1, 0.15) is 5.75 Å². The minimum atomic E-state index is 0.0545. The van der Waals surface area contributed by atoms with Crippen molar-refractivity contribution in [1.82, 2.24) is 4.90 Å². The summed E-state index contributed by atoms with van der Waals surface area (Å²) in [4.78, 5) is 14.6. The van der Waals surface area contributed by atoms with Crippen LogP contribution in [0.5, 0.6) is 5.75 Å². The summed E-state index contributed by atoms with van der Waals surface area (Å²) in [6.07, 6.45) is 0.304. The lowest BCUT2D eigenvalue weighted by atomic mass is 10.1. The molecule has 0 saturated carbocycles. The zero-order valence-electron chi connectivity index (χ0n) is 14.3. The molecule has 0 heterocycles. The first-order valence-corrected chi connectivity index (χ1v) is 7.95. The highest BCUT2D eigenvalue weighted by Crippen LogP contribution is 2.20. The minimum Gasteiger partial charge on any atom is -0.496 e. The fraction of sp³-hybridized carbons (Fsp3) is 0.300. The molecule has 0 aliphatic rings. The molecular weight excluding hydrogens is 300 g/mol. The van der Waals surface area contributed by atoms with Gasteiger partial charge in [0.25, 0.3) is 0 Å². The molecule has 0 radical (unpaired) electrons. The summed E-state index contributed by atoms with van der Waals surface area (Å²) in [5.74, 6) is 0.784. The van der Waals surface area contributed by atoms with Crippen molar-refractivity contribution in [3.63, 3.8) is 0 Å². The number of carbonyl (C=O) groups is 1. The van der Waals surface area contributed by atoms with E-state index in [9.17, 15) is 4.79 Å². The Morgan fingerprint density at radius 1 is 1.17 bits per heavy atom. The number of carbonyl (C=O) groups excluding carboxylic acids is 1. The van der Waals surface area contributed by atoms with Crippen LogP contribution in [0.3, 0.4) is 0 Å². The van der Waals surface area contributed by atoms with Crippen molar-refractivity contribution in [1.29, 1.82) is 5.26 Å². The predicted octanol–water partition coefficient (Wildman–Crippen LogP) is 3.55. The number of amides is 1. The summed E-state index contributed by atoms with van der Waals surface area (Å²) in [5, 5.41) is 8.87. The second-order valence-electron chi connectivity index (χ2n) is 5.91. The normalized spacial score (nSPS) is 10.3. The molecule has 124 valence electrons. The summed E-state index contributed by atoms with van der Waals surface area (Å²) in [7, 11) is 1.61. The Bertz CT molecular complexity index is 730. The van der Waals surface area contributed by atoms with Crippen LogP contribution in [0, 0.1) is 11.3 Å². The fourth-order valence-corrected chi connectivity index (χ4v) is 2.55. The maximum atomic E-state index is 12.8. The number of ether oxygens (including phenoxy) is 1. The van der Waals surface area contributed by atoms with Crippen molar-refractivity contribution in [2.75, 3.05) is 7.11 Å². The van der Waals surface area contributed by atoms with E-state index in [1.165, 1.54) is 0 Å². The summed E-state index contributed by atoms with van der Waals surface area (Å²) >= 11 is 0. The molecule has 0 aliphatic carbocycles. The summed E-state index contributed by atoms with van der Waals surface area (Å²) in [5.41, 5.74) is 2.52. The standard InChI is InChI=1S/C20H22N2O2/c1-15(2)22(14-17-10-8-16(13-21)9-11-17)20(23)12-18-6-4-5-7-19(18)24-3/h4-11,15H,12,14H2,1-3H3. The van der Waals surface area contributed by atoms with Crippen molar-refractivity contribution >= 4 is 5.91 Å². The van der Waals surface area contributed by atoms with Gasteiger partial charge in [-0.15, -0.1) is 0 Å². The summed E-state index contributed by atoms with van der Waals surface area (Å²) in [6.45, 7) is 4.53. The molecule has 4 heteroatoms. The number of nitrogens with zero attached hydrogens (tertiary/aromatic N) is 2. The van der Waals surface area contributed by atoms with E-state index in [4.69, 9.17) is 10.00 Å². The molecule has 0 atom stereocenters. The Balaban J connectivity index is 2.14. The van der Waals surface area contributed by atoms with Crippen LogP contribution in [0.15, 0.2) is 48.5 Å². The molecule has 0 spiro atoms. The third-order valence-electron chi connectivity index (χ3n) is 3.91. The zero-order chi connectivity index (χ0) is 17.5. The van der Waals surface area contributed by atoms with E-state index in [0.29, 0.717) is 18.5 Å². The second kappa shape index (κ2) is 8.16. The van der Waals surface area contributed by atoms with Crippen LogP contribution < -0.4 is 4.74 Å². The van der Waals surface area contributed by atoms with Gasteiger partial charge >= 0.3 is 0 Å². The van der Waals surface area contributed by atoms with Crippen LogP contribution in [-0.4, -0.2) is 24.0 Å². The third-order valence-corrected chi connectivity index (χ3v) is 3.91. The maximum Gasteiger partial charge on any atom is 0.227 e. The largest absolute Gasteiger partial charge is 0.496 e. The molecule has 0 N–H and O–H groups in total. The van der Waals surface area contributed by atoms with Crippen LogP contribution in [0.1, 0.15) is 30.5 Å². The molecule has 0 saturated heterocycles. The zero-order valence-corrected chi connectivity index (χ0v) is 14.3. The highest BCUT2D eigenvalue weighted by molar-refractivity contribution is 5.79. The van der Waals surface area contributed by atoms with E-state index in [2.05, 4.69) is 6.07 Å². The quantitative estimate of drug-likeness (QED) is 0.817. The summed E-state index contributed by atoms with van der Waals surface area (Å²) < 4.78 is 5.33. The molecule has 2 aromatic rings. The molecule has 24 heavy (non-hydrogen) atoms. The highest BCUT2D eigenvalue weighted by atomic mass is 16.5. The minimum absolute atomic E-state index is 0.0545. The monoisotopic (exact) mass is 322 g/mol. The van der Waals surface area contributed by atoms with Crippen molar-refractivity contribution in [2.24, 2.45) is 0 Å². The SMILES string of the molecule is COc1ccccc1CC(=O)N(Cc1ccc(C#N)cc1)C(C)C. The Morgan fingerprint density at radius 2 is 1.83 bits per heavy atom. The lowest BCUT2D eigenvalue weighted by Gasteiger charge is -2.27. The van der Waals surface area contributed by atoms with Gasteiger partial charge < -0.3 is 9.64 Å². The number of hydrogen-bond acceptors (Lipinski definition) is 3. The van der Waals surface area contributed by atoms with Gasteiger partial charge in [0.15, 0.2) is 0 Å². The molecule has 2 aromatic carbocycles. The van der Waals surface area contributed by atoms with Gasteiger partial charge in [0, 0.05) is 18.2 Å². The number of methoxy groups -OCH3 is 1. The molecule has 4 nitrogen and oxygen atoms in total. The lowest BCUT2D eigenvalue weighted by molar-refractivity contribution is -0.132. The van der Waals surface area contributed by atoms with E-state index >= 15 is 0 Å². The van der Waals surface area contributed by atoms with E-state index < -0.39 is 0 Å². The average Bonchev–Trinajstić information content (AvgIpc) is 2.60. The van der Waals surface area contributed by atoms with E-state index in [0.717, 1.165) is 16.9 Å². The molecule has 0 fully saturated rings. The van der Waals surface area contributed by atoms with Gasteiger partial charge in [0.2, 0.25) is 5.91 Å². The number of hydrogen-bond donors (Lipinski definition) is 0. The number of nitriles is 1. The predicted molar refractivity (Wildman–Crippen MR) is 93.5 cm³/mol. The van der Waals surface area contributed by atoms with Crippen molar-refractivity contribution in [2.45, 2.75) is 32.9 Å². The van der Waals surface area contributed by atoms with Crippen molar-refractivity contribution in [3.05, 3.63) is 65.2 Å². The smallest absolute Gasteiger partial charge is 0.227 e. The fourth-order valence-electron chi connectivity index (χ4n) is 2.55. The van der Waals surface area contributed by atoms with Crippen LogP contribution in [0.25, 0.3) is 0 Å². The van der Waals surface area contributed by atoms with Crippen molar-refractivity contribution in [3.8, 4) is 11.8 Å². The third kappa shape index (κ3) is 4.36. The Labute approximate surface area is 143 Å². The van der Waals surface area contributed by atoms with E-state index in [1.807, 2.05) is 55.1 Å². The molecule has 2 rings (SSSR count). The molecule has 1 amide bonds. The molecular formula is C20H22N2O2. The molecule has 0 aliphatic heterocycles. The van der Waals surface area contributed by atoms with Gasteiger partial charge in [-0.25, -0.2) is 0 Å². The maximum absolute atomic E-state index is 12.8. The molecule has 0 unspecified atom stereocenters. The van der Waals surface area contributed by atoms with Crippen LogP contribution >= 0.6 is 0 Å². The van der Waals surface area contributed by atoms with E-state index in [1.54, 1.807) is 19.2 Å². The topological polar surface area (TPSA) is 53.3 Å². The van der Waals surface area contributed by atoms with E-state index in [-0.39, 0.29) is 11.9 Å². The first-order valence-electron chi connectivity index (χ1n) is 7.95. The van der Waals surface area contributed by atoms with Crippen molar-refractivity contribution < 1.29 is 9.53 Å². The van der Waals surface area contributed by atoms with Gasteiger partial charge in [-0.3, -0.25) is 4.79 Å². The Hall–Kier alpha value is -2.80. The van der Waals surface area contributed by atoms with Gasteiger partial charge in [-0.2, -0.15) is 5.26 Å². The average molecular weight is 322 g/mol. The summed E-state index contributed by atoms with van der Waals surface area (Å²) in [6, 6.07) is 17.1. The molecule has 0 aromatic heterocycles. The van der Waals surface area contributed by atoms with Gasteiger partial charge in [0.05, 0.1) is 25.2 Å². The van der Waals surface area contributed by atoms with Gasteiger partial charge in [-0.1, -0.05) is 30.3 Å². The first-order chi connectivity index (χ1) is 11.5. The van der Waals surface area contributed by atoms with Crippen LogP contribution in [0.4, 0.5) is 0 Å². The molecule has 0 bridgehead atoms. The Kier molecular flexibility index (Phi) is 5.97. The van der Waals surface area contributed by atoms with Crippen LogP contribution in [-0.2, 0) is 17.8 Å².